The molecule has 0 spiro atoms. The number of benzene rings is 1. The van der Waals surface area contributed by atoms with Gasteiger partial charge in [-0.1, -0.05) is 41.9 Å². The van der Waals surface area contributed by atoms with Gasteiger partial charge in [0, 0.05) is 5.33 Å². The summed E-state index contributed by atoms with van der Waals surface area (Å²) in [6.07, 6.45) is 0. The van der Waals surface area contributed by atoms with Crippen molar-refractivity contribution in [3.8, 4) is 5.75 Å². The predicted octanol–water partition coefficient (Wildman–Crippen LogP) is 3.88. The smallest absolute Gasteiger partial charge is 0.119 e. The van der Waals surface area contributed by atoms with Gasteiger partial charge in [0.25, 0.3) is 0 Å². The molecule has 0 radical (unpaired) electrons. The highest BCUT2D eigenvalue weighted by molar-refractivity contribution is 9.09. The van der Waals surface area contributed by atoms with Gasteiger partial charge in [-0.05, 0) is 29.5 Å². The van der Waals surface area contributed by atoms with Gasteiger partial charge in [0.2, 0.25) is 0 Å². The van der Waals surface area contributed by atoms with Crippen molar-refractivity contribution in [2.75, 3.05) is 19.0 Å². The van der Waals surface area contributed by atoms with Crippen molar-refractivity contribution in [2.45, 2.75) is 20.5 Å². The minimum absolute atomic E-state index is 0.570. The Hall–Kier alpha value is -0.540. The van der Waals surface area contributed by atoms with E-state index in [4.69, 9.17) is 9.47 Å². The Labute approximate surface area is 112 Å². The van der Waals surface area contributed by atoms with Gasteiger partial charge in [-0.15, -0.1) is 0 Å². The molecule has 0 amide bonds. The first-order chi connectivity index (χ1) is 8.17. The van der Waals surface area contributed by atoms with E-state index in [2.05, 4.69) is 35.8 Å². The van der Waals surface area contributed by atoms with E-state index in [0.29, 0.717) is 18.4 Å². The van der Waals surface area contributed by atoms with Crippen LogP contribution in [0.2, 0.25) is 0 Å². The van der Waals surface area contributed by atoms with Crippen molar-refractivity contribution in [1.82, 2.24) is 0 Å². The van der Waals surface area contributed by atoms with Gasteiger partial charge in [0.15, 0.2) is 0 Å². The standard InChI is InChI=1S/C14H21BrO2/c1-11(2)13(8-15)10-17-9-12-5-4-6-14(7-12)16-3/h4-7,11,13H,8-10H2,1-3H3. The summed E-state index contributed by atoms with van der Waals surface area (Å²) in [5, 5.41) is 0.989. The molecule has 1 aromatic carbocycles. The van der Waals surface area contributed by atoms with Crippen LogP contribution in [0.1, 0.15) is 19.4 Å². The molecule has 0 saturated heterocycles. The first kappa shape index (κ1) is 14.5. The van der Waals surface area contributed by atoms with E-state index in [1.54, 1.807) is 7.11 Å². The molecule has 1 aromatic rings. The Kier molecular flexibility index (Phi) is 6.60. The molecule has 0 fully saturated rings. The summed E-state index contributed by atoms with van der Waals surface area (Å²) in [5.74, 6) is 2.09. The largest absolute Gasteiger partial charge is 0.497 e. The normalized spacial score (nSPS) is 12.8. The van der Waals surface area contributed by atoms with E-state index in [0.717, 1.165) is 23.2 Å². The zero-order valence-corrected chi connectivity index (χ0v) is 12.4. The van der Waals surface area contributed by atoms with E-state index in [-0.39, 0.29) is 0 Å². The Balaban J connectivity index is 2.39. The third-order valence-electron chi connectivity index (χ3n) is 2.88. The summed E-state index contributed by atoms with van der Waals surface area (Å²) in [5.41, 5.74) is 1.15. The number of hydrogen-bond donors (Lipinski definition) is 0. The van der Waals surface area contributed by atoms with Crippen LogP contribution in [0.5, 0.6) is 5.75 Å². The van der Waals surface area contributed by atoms with Crippen molar-refractivity contribution in [3.05, 3.63) is 29.8 Å². The molecule has 0 N–H and O–H groups in total. The molecule has 0 saturated carbocycles. The van der Waals surface area contributed by atoms with Gasteiger partial charge in [0.1, 0.15) is 5.75 Å². The minimum atomic E-state index is 0.570. The fourth-order valence-electron chi connectivity index (χ4n) is 1.51. The van der Waals surface area contributed by atoms with Gasteiger partial charge in [-0.25, -0.2) is 0 Å². The SMILES string of the molecule is COc1cccc(COCC(CBr)C(C)C)c1. The lowest BCUT2D eigenvalue weighted by Gasteiger charge is -2.18. The van der Waals surface area contributed by atoms with Crippen molar-refractivity contribution >= 4 is 15.9 Å². The third kappa shape index (κ3) is 5.09. The quantitative estimate of drug-likeness (QED) is 0.712. The molecule has 0 bridgehead atoms. The van der Waals surface area contributed by atoms with E-state index >= 15 is 0 Å². The molecule has 17 heavy (non-hydrogen) atoms. The highest BCUT2D eigenvalue weighted by atomic mass is 79.9. The number of hydrogen-bond acceptors (Lipinski definition) is 2. The summed E-state index contributed by atoms with van der Waals surface area (Å²) in [7, 11) is 1.68. The molecule has 1 atom stereocenters. The molecule has 0 aliphatic rings. The van der Waals surface area contributed by atoms with Crippen LogP contribution in [0.15, 0.2) is 24.3 Å². The number of alkyl halides is 1. The first-order valence-electron chi connectivity index (χ1n) is 5.94. The maximum absolute atomic E-state index is 5.75. The molecule has 1 rings (SSSR count). The lowest BCUT2D eigenvalue weighted by atomic mass is 9.99. The van der Waals surface area contributed by atoms with Crippen LogP contribution in [0.4, 0.5) is 0 Å². The Bertz CT molecular complexity index is 326. The molecule has 96 valence electrons. The summed E-state index contributed by atoms with van der Waals surface area (Å²) < 4.78 is 10.9. The molecular weight excluding hydrogens is 280 g/mol. The summed E-state index contributed by atoms with van der Waals surface area (Å²) in [4.78, 5) is 0. The van der Waals surface area contributed by atoms with Gasteiger partial charge in [-0.2, -0.15) is 0 Å². The summed E-state index contributed by atoms with van der Waals surface area (Å²) >= 11 is 3.53. The second kappa shape index (κ2) is 7.72. The first-order valence-corrected chi connectivity index (χ1v) is 7.06. The van der Waals surface area contributed by atoms with Gasteiger partial charge in [-0.3, -0.25) is 0 Å². The van der Waals surface area contributed by atoms with Crippen LogP contribution >= 0.6 is 15.9 Å². The number of rotatable bonds is 7. The van der Waals surface area contributed by atoms with Crippen molar-refractivity contribution in [2.24, 2.45) is 11.8 Å². The van der Waals surface area contributed by atoms with Gasteiger partial charge in [0.05, 0.1) is 20.3 Å². The second-order valence-electron chi connectivity index (χ2n) is 4.53. The predicted molar refractivity (Wildman–Crippen MR) is 74.8 cm³/mol. The molecular formula is C14H21BrO2. The van der Waals surface area contributed by atoms with Crippen LogP contribution < -0.4 is 4.74 Å². The van der Waals surface area contributed by atoms with E-state index in [1.807, 2.05) is 18.2 Å². The van der Waals surface area contributed by atoms with Crippen LogP contribution in [0, 0.1) is 11.8 Å². The molecule has 1 unspecified atom stereocenters. The lowest BCUT2D eigenvalue weighted by Crippen LogP contribution is -2.17. The maximum atomic E-state index is 5.75. The Morgan fingerprint density at radius 2 is 2.06 bits per heavy atom. The average molecular weight is 301 g/mol. The highest BCUT2D eigenvalue weighted by Crippen LogP contribution is 2.16. The van der Waals surface area contributed by atoms with Crippen LogP contribution in [-0.2, 0) is 11.3 Å². The monoisotopic (exact) mass is 300 g/mol. The topological polar surface area (TPSA) is 18.5 Å². The van der Waals surface area contributed by atoms with Gasteiger partial charge < -0.3 is 9.47 Å². The maximum Gasteiger partial charge on any atom is 0.119 e. The van der Waals surface area contributed by atoms with Crippen LogP contribution in [-0.4, -0.2) is 19.0 Å². The van der Waals surface area contributed by atoms with Crippen molar-refractivity contribution in [3.63, 3.8) is 0 Å². The van der Waals surface area contributed by atoms with Crippen LogP contribution in [0.3, 0.4) is 0 Å². The van der Waals surface area contributed by atoms with E-state index < -0.39 is 0 Å². The molecule has 0 aliphatic carbocycles. The average Bonchev–Trinajstić information content (AvgIpc) is 2.34. The van der Waals surface area contributed by atoms with Crippen molar-refractivity contribution in [1.29, 1.82) is 0 Å². The third-order valence-corrected chi connectivity index (χ3v) is 3.71. The number of methoxy groups -OCH3 is 1. The highest BCUT2D eigenvalue weighted by Gasteiger charge is 2.11. The number of halogens is 1. The molecule has 3 heteroatoms. The second-order valence-corrected chi connectivity index (χ2v) is 5.17. The fraction of sp³-hybridized carbons (Fsp3) is 0.571. The van der Waals surface area contributed by atoms with Gasteiger partial charge >= 0.3 is 0 Å². The zero-order valence-electron chi connectivity index (χ0n) is 10.8. The van der Waals surface area contributed by atoms with Crippen molar-refractivity contribution < 1.29 is 9.47 Å². The molecule has 0 aliphatic heterocycles. The van der Waals surface area contributed by atoms with E-state index in [1.165, 1.54) is 0 Å². The Morgan fingerprint density at radius 3 is 2.65 bits per heavy atom. The minimum Gasteiger partial charge on any atom is -0.497 e. The molecule has 0 aromatic heterocycles. The Morgan fingerprint density at radius 1 is 1.29 bits per heavy atom. The number of ether oxygens (including phenoxy) is 2. The molecule has 0 heterocycles. The summed E-state index contributed by atoms with van der Waals surface area (Å²) in [6.45, 7) is 5.88. The lowest BCUT2D eigenvalue weighted by molar-refractivity contribution is 0.0799. The van der Waals surface area contributed by atoms with E-state index in [9.17, 15) is 0 Å². The van der Waals surface area contributed by atoms with Crippen LogP contribution in [0.25, 0.3) is 0 Å². The zero-order chi connectivity index (χ0) is 12.7. The summed E-state index contributed by atoms with van der Waals surface area (Å²) in [6, 6.07) is 8.00. The fourth-order valence-corrected chi connectivity index (χ4v) is 2.44. The molecule has 2 nitrogen and oxygen atoms in total.